The van der Waals surface area contributed by atoms with Crippen LogP contribution >= 0.6 is 20.2 Å². The third-order valence-electron chi connectivity index (χ3n) is 4.57. The van der Waals surface area contributed by atoms with Gasteiger partial charge >= 0.3 is 18.9 Å². The first-order chi connectivity index (χ1) is 15.6. The number of carbonyl (C=O) groups excluding carboxylic acids is 1. The summed E-state index contributed by atoms with van der Waals surface area (Å²) in [5.74, 6) is 2.98. The standard InChI is InChI=1S/C26H20ClO4P.Li.H/c1-29-22-14-8-13-21(27)25(22)26(28)32-24-16-15-20(30-18-9-4-2-5-10-18)17-23(24)31-19-11-6-3-7-12-19;;/h2-17,32H,1H3;;/q;+1;-1. The maximum absolute atomic E-state index is 13.2. The van der Waals surface area contributed by atoms with E-state index in [4.69, 9.17) is 25.8 Å². The largest absolute Gasteiger partial charge is 1.00 e. The Kier molecular flexibility index (Phi) is 9.01. The second kappa shape index (κ2) is 11.9. The first-order valence-electron chi connectivity index (χ1n) is 9.88. The number of ether oxygens (including phenoxy) is 3. The van der Waals surface area contributed by atoms with E-state index in [-0.39, 0.29) is 34.4 Å². The average Bonchev–Trinajstić information content (AvgIpc) is 2.81. The number of methoxy groups -OCH3 is 1. The van der Waals surface area contributed by atoms with Gasteiger partial charge in [0.1, 0.15) is 28.7 Å². The van der Waals surface area contributed by atoms with Crippen LogP contribution in [0.15, 0.2) is 97.1 Å². The molecule has 0 radical (unpaired) electrons. The molecule has 0 spiro atoms. The molecule has 0 fully saturated rings. The van der Waals surface area contributed by atoms with Gasteiger partial charge in [-0.2, -0.15) is 0 Å². The van der Waals surface area contributed by atoms with E-state index >= 15 is 0 Å². The van der Waals surface area contributed by atoms with Crippen molar-refractivity contribution >= 4 is 31.0 Å². The Morgan fingerprint density at radius 2 is 1.39 bits per heavy atom. The minimum atomic E-state index is -0.218. The molecule has 0 saturated heterocycles. The molecule has 4 aromatic rings. The number of hydrogen-bond donors (Lipinski definition) is 0. The van der Waals surface area contributed by atoms with Gasteiger partial charge in [-0.1, -0.05) is 54.1 Å². The summed E-state index contributed by atoms with van der Waals surface area (Å²) < 4.78 is 17.4. The summed E-state index contributed by atoms with van der Waals surface area (Å²) in [5, 5.41) is 1.10. The first-order valence-corrected chi connectivity index (χ1v) is 11.3. The first kappa shape index (κ1) is 24.9. The van der Waals surface area contributed by atoms with E-state index in [2.05, 4.69) is 0 Å². The van der Waals surface area contributed by atoms with Crippen LogP contribution in [0.1, 0.15) is 11.8 Å². The van der Waals surface area contributed by atoms with Crippen LogP contribution in [0.4, 0.5) is 0 Å². The molecule has 7 heteroatoms. The van der Waals surface area contributed by atoms with Crippen molar-refractivity contribution in [3.8, 4) is 28.7 Å². The van der Waals surface area contributed by atoms with Crippen molar-refractivity contribution in [2.24, 2.45) is 0 Å². The van der Waals surface area contributed by atoms with E-state index in [1.807, 2.05) is 72.8 Å². The molecule has 0 bridgehead atoms. The zero-order chi connectivity index (χ0) is 22.3. The second-order valence-corrected chi connectivity index (χ2v) is 8.41. The summed E-state index contributed by atoms with van der Waals surface area (Å²) in [7, 11) is 1.30. The van der Waals surface area contributed by atoms with Crippen molar-refractivity contribution in [2.45, 2.75) is 0 Å². The van der Waals surface area contributed by atoms with Crippen molar-refractivity contribution in [2.75, 3.05) is 7.11 Å². The summed E-state index contributed by atoms with van der Waals surface area (Å²) in [5.41, 5.74) is 0.229. The van der Waals surface area contributed by atoms with Gasteiger partial charge in [0.2, 0.25) is 0 Å². The van der Waals surface area contributed by atoms with Gasteiger partial charge in [-0.05, 0) is 57.1 Å². The van der Waals surface area contributed by atoms with Gasteiger partial charge in [0.25, 0.3) is 0 Å². The SMILES string of the molecule is COc1cccc(Cl)c1C(=O)Pc1ccc(Oc2ccccc2)cc1Oc1ccccc1.[H-].[Li+]. The molecular weight excluding hydrogens is 450 g/mol. The molecule has 33 heavy (non-hydrogen) atoms. The second-order valence-electron chi connectivity index (χ2n) is 6.76. The van der Waals surface area contributed by atoms with Crippen molar-refractivity contribution in [3.63, 3.8) is 0 Å². The number of halogens is 1. The van der Waals surface area contributed by atoms with E-state index in [0.717, 1.165) is 5.30 Å². The number of hydrogen-bond acceptors (Lipinski definition) is 4. The van der Waals surface area contributed by atoms with Crippen LogP contribution in [-0.4, -0.2) is 12.6 Å². The zero-order valence-electron chi connectivity index (χ0n) is 19.2. The molecule has 0 aromatic heterocycles. The van der Waals surface area contributed by atoms with E-state index in [1.54, 1.807) is 24.3 Å². The number of benzene rings is 4. The van der Waals surface area contributed by atoms with E-state index < -0.39 is 0 Å². The van der Waals surface area contributed by atoms with Crippen molar-refractivity contribution < 1.29 is 39.3 Å². The van der Waals surface area contributed by atoms with Crippen molar-refractivity contribution in [3.05, 3.63) is 108 Å². The molecule has 1 atom stereocenters. The van der Waals surface area contributed by atoms with Crippen LogP contribution < -0.4 is 38.4 Å². The number of rotatable bonds is 8. The minimum absolute atomic E-state index is 0. The summed E-state index contributed by atoms with van der Waals surface area (Å²) in [6.45, 7) is 0. The summed E-state index contributed by atoms with van der Waals surface area (Å²) in [6.07, 6.45) is 0. The van der Waals surface area contributed by atoms with E-state index in [9.17, 15) is 4.79 Å². The third kappa shape index (κ3) is 6.41. The van der Waals surface area contributed by atoms with Crippen LogP contribution in [0.2, 0.25) is 5.02 Å². The van der Waals surface area contributed by atoms with Gasteiger partial charge in [-0.25, -0.2) is 0 Å². The van der Waals surface area contributed by atoms with Gasteiger partial charge < -0.3 is 15.6 Å². The molecule has 0 aliphatic carbocycles. The maximum Gasteiger partial charge on any atom is 1.00 e. The molecule has 162 valence electrons. The minimum Gasteiger partial charge on any atom is -1.00 e. The van der Waals surface area contributed by atoms with Gasteiger partial charge in [0.15, 0.2) is 5.52 Å². The monoisotopic (exact) mass is 470 g/mol. The summed E-state index contributed by atoms with van der Waals surface area (Å²) >= 11 is 6.31. The molecule has 0 heterocycles. The topological polar surface area (TPSA) is 44.8 Å². The van der Waals surface area contributed by atoms with E-state index in [0.29, 0.717) is 39.3 Å². The molecule has 4 nitrogen and oxygen atoms in total. The fourth-order valence-electron chi connectivity index (χ4n) is 3.07. The fraction of sp³-hybridized carbons (Fsp3) is 0.0385. The molecular formula is C26H21ClLiO4P. The van der Waals surface area contributed by atoms with Gasteiger partial charge in [0.05, 0.1) is 17.7 Å². The molecule has 0 aliphatic rings. The predicted octanol–water partition coefficient (Wildman–Crippen LogP) is 4.19. The Balaban J connectivity index is 0.00000204. The number of para-hydroxylation sites is 2. The molecule has 0 saturated carbocycles. The molecule has 4 rings (SSSR count). The molecule has 0 amide bonds. The number of carbonyl (C=O) groups is 1. The van der Waals surface area contributed by atoms with Crippen LogP contribution in [-0.2, 0) is 0 Å². The molecule has 0 aliphatic heterocycles. The Bertz CT molecular complexity index is 1230. The van der Waals surface area contributed by atoms with Crippen molar-refractivity contribution in [1.29, 1.82) is 0 Å². The molecule has 4 aromatic carbocycles. The molecule has 1 unspecified atom stereocenters. The van der Waals surface area contributed by atoms with Gasteiger partial charge in [-0.3, -0.25) is 4.79 Å². The smallest absolute Gasteiger partial charge is 1.00 e. The quantitative estimate of drug-likeness (QED) is 0.286. The van der Waals surface area contributed by atoms with Crippen LogP contribution in [0.25, 0.3) is 0 Å². The third-order valence-corrected chi connectivity index (χ3v) is 6.05. The Morgan fingerprint density at radius 3 is 2.03 bits per heavy atom. The van der Waals surface area contributed by atoms with Crippen LogP contribution in [0.3, 0.4) is 0 Å². The summed E-state index contributed by atoms with van der Waals surface area (Å²) in [6, 6.07) is 29.5. The van der Waals surface area contributed by atoms with Crippen molar-refractivity contribution in [1.82, 2.24) is 0 Å². The Hall–Kier alpha value is -2.73. The fourth-order valence-corrected chi connectivity index (χ4v) is 4.45. The normalized spacial score (nSPS) is 10.5. The molecule has 0 N–H and O–H groups in total. The van der Waals surface area contributed by atoms with Crippen LogP contribution in [0.5, 0.6) is 28.7 Å². The average molecular weight is 471 g/mol. The predicted molar refractivity (Wildman–Crippen MR) is 131 cm³/mol. The van der Waals surface area contributed by atoms with Gasteiger partial charge in [-0.15, -0.1) is 0 Å². The van der Waals surface area contributed by atoms with E-state index in [1.165, 1.54) is 7.11 Å². The Morgan fingerprint density at radius 1 is 0.758 bits per heavy atom. The van der Waals surface area contributed by atoms with Gasteiger partial charge in [0, 0.05) is 11.4 Å². The Labute approximate surface area is 213 Å². The zero-order valence-corrected chi connectivity index (χ0v) is 20.0. The maximum atomic E-state index is 13.2. The van der Waals surface area contributed by atoms with Crippen LogP contribution in [0, 0.1) is 0 Å². The summed E-state index contributed by atoms with van der Waals surface area (Å²) in [4.78, 5) is 13.2.